The average Bonchev–Trinajstić information content (AvgIpc) is 3.27. The molecule has 2 aromatic carbocycles. The molecule has 0 atom stereocenters. The Morgan fingerprint density at radius 1 is 1.11 bits per heavy atom. The minimum atomic E-state index is -0.446. The predicted molar refractivity (Wildman–Crippen MR) is 141 cm³/mol. The van der Waals surface area contributed by atoms with Gasteiger partial charge in [-0.2, -0.15) is 0 Å². The van der Waals surface area contributed by atoms with Gasteiger partial charge >= 0.3 is 0 Å². The van der Waals surface area contributed by atoms with Crippen LogP contribution in [0, 0.1) is 12.4 Å². The molecule has 0 spiro atoms. The van der Waals surface area contributed by atoms with Crippen molar-refractivity contribution < 1.29 is 9.13 Å². The standard InChI is InChI=1S/C28H29FN6O/c1-18-15-19-5-10-24(25(29)23(19)16-18)36-28-26(30-2)27(31-17-32-28)33-20-6-8-22(9-7-20)35-13-11-21(12-14-35)34(3)4/h5-10,16-17,21H,11-15H2,1,3-4H3,(H,31,32,33). The summed E-state index contributed by atoms with van der Waals surface area (Å²) < 4.78 is 20.8. The number of piperidine rings is 1. The molecule has 1 aromatic heterocycles. The molecule has 1 fully saturated rings. The molecule has 0 saturated carbocycles. The number of allylic oxidation sites excluding steroid dienone is 1. The molecule has 1 aliphatic carbocycles. The van der Waals surface area contributed by atoms with Crippen LogP contribution in [0.4, 0.5) is 27.3 Å². The van der Waals surface area contributed by atoms with E-state index in [1.54, 1.807) is 6.07 Å². The van der Waals surface area contributed by atoms with E-state index in [4.69, 9.17) is 11.3 Å². The Balaban J connectivity index is 1.32. The SMILES string of the molecule is [C-]#[N+]c1c(Nc2ccc(N3CCC(N(C)C)CC3)cc2)ncnc1Oc1ccc2c(c1F)C=C(C)C2. The third kappa shape index (κ3) is 4.75. The number of fused-ring (bicyclic) bond motifs is 1. The van der Waals surface area contributed by atoms with Gasteiger partial charge in [0, 0.05) is 36.1 Å². The number of hydrogen-bond acceptors (Lipinski definition) is 6. The maximum Gasteiger partial charge on any atom is 0.288 e. The normalized spacial score (nSPS) is 15.4. The summed E-state index contributed by atoms with van der Waals surface area (Å²) in [6, 6.07) is 12.2. The first-order chi connectivity index (χ1) is 17.4. The van der Waals surface area contributed by atoms with Gasteiger partial charge in [-0.1, -0.05) is 17.7 Å². The highest BCUT2D eigenvalue weighted by atomic mass is 19.1. The van der Waals surface area contributed by atoms with E-state index in [-0.39, 0.29) is 17.3 Å². The van der Waals surface area contributed by atoms with Gasteiger partial charge < -0.3 is 19.9 Å². The second-order valence-electron chi connectivity index (χ2n) is 9.56. The summed E-state index contributed by atoms with van der Waals surface area (Å²) in [5.41, 5.74) is 4.62. The van der Waals surface area contributed by atoms with Crippen LogP contribution in [0.3, 0.4) is 0 Å². The van der Waals surface area contributed by atoms with E-state index in [9.17, 15) is 0 Å². The first-order valence-corrected chi connectivity index (χ1v) is 12.1. The van der Waals surface area contributed by atoms with E-state index in [0.29, 0.717) is 17.4 Å². The highest BCUT2D eigenvalue weighted by Crippen LogP contribution is 2.39. The number of halogens is 1. The number of hydrogen-bond donors (Lipinski definition) is 1. The van der Waals surface area contributed by atoms with Crippen molar-refractivity contribution >= 4 is 29.0 Å². The Kier molecular flexibility index (Phi) is 6.57. The topological polar surface area (TPSA) is 57.9 Å². The van der Waals surface area contributed by atoms with Gasteiger partial charge in [0.2, 0.25) is 5.88 Å². The lowest BCUT2D eigenvalue weighted by atomic mass is 10.0. The smallest absolute Gasteiger partial charge is 0.288 e. The first kappa shape index (κ1) is 23.8. The van der Waals surface area contributed by atoms with Gasteiger partial charge in [-0.15, -0.1) is 0 Å². The Hall–Kier alpha value is -3.96. The Morgan fingerprint density at radius 3 is 2.56 bits per heavy atom. The van der Waals surface area contributed by atoms with Crippen molar-refractivity contribution in [3.05, 3.63) is 76.7 Å². The molecule has 0 unspecified atom stereocenters. The molecule has 1 aliphatic heterocycles. The molecule has 2 heterocycles. The van der Waals surface area contributed by atoms with Crippen molar-refractivity contribution in [1.29, 1.82) is 0 Å². The number of anilines is 3. The summed E-state index contributed by atoms with van der Waals surface area (Å²) in [6.07, 6.45) is 6.16. The van der Waals surface area contributed by atoms with Crippen molar-refractivity contribution in [2.45, 2.75) is 32.2 Å². The van der Waals surface area contributed by atoms with Crippen LogP contribution in [0.15, 0.2) is 48.3 Å². The lowest BCUT2D eigenvalue weighted by Gasteiger charge is -2.36. The number of nitrogens with zero attached hydrogens (tertiary/aromatic N) is 5. The third-order valence-electron chi connectivity index (χ3n) is 6.89. The molecule has 8 heteroatoms. The van der Waals surface area contributed by atoms with E-state index in [1.807, 2.05) is 31.2 Å². The minimum Gasteiger partial charge on any atom is -0.446 e. The quantitative estimate of drug-likeness (QED) is 0.421. The maximum absolute atomic E-state index is 15.1. The molecule has 0 radical (unpaired) electrons. The van der Waals surface area contributed by atoms with E-state index in [2.05, 4.69) is 56.2 Å². The molecule has 7 nitrogen and oxygen atoms in total. The summed E-state index contributed by atoms with van der Waals surface area (Å²) in [4.78, 5) is 16.6. The van der Waals surface area contributed by atoms with Gasteiger partial charge in [-0.3, -0.25) is 0 Å². The van der Waals surface area contributed by atoms with Crippen LogP contribution in [0.1, 0.15) is 30.9 Å². The van der Waals surface area contributed by atoms with Gasteiger partial charge in [-0.05, 0) is 76.2 Å². The van der Waals surface area contributed by atoms with Crippen LogP contribution in [0.25, 0.3) is 10.9 Å². The average molecular weight is 485 g/mol. The van der Waals surface area contributed by atoms with Crippen LogP contribution in [-0.2, 0) is 6.42 Å². The van der Waals surface area contributed by atoms with Crippen LogP contribution in [-0.4, -0.2) is 48.1 Å². The van der Waals surface area contributed by atoms with E-state index >= 15 is 4.39 Å². The molecule has 3 aromatic rings. The number of ether oxygens (including phenoxy) is 1. The molecular formula is C28H29FN6O. The molecule has 1 N–H and O–H groups in total. The van der Waals surface area contributed by atoms with Crippen molar-refractivity contribution in [3.8, 4) is 11.6 Å². The van der Waals surface area contributed by atoms with E-state index in [0.717, 1.165) is 49.2 Å². The second-order valence-corrected chi connectivity index (χ2v) is 9.56. The Bertz CT molecular complexity index is 1340. The highest BCUT2D eigenvalue weighted by molar-refractivity contribution is 5.76. The van der Waals surface area contributed by atoms with Crippen LogP contribution >= 0.6 is 0 Å². The first-order valence-electron chi connectivity index (χ1n) is 12.1. The van der Waals surface area contributed by atoms with Crippen molar-refractivity contribution in [3.63, 3.8) is 0 Å². The lowest BCUT2D eigenvalue weighted by molar-refractivity contribution is 0.249. The molecule has 0 amide bonds. The zero-order valence-corrected chi connectivity index (χ0v) is 20.8. The molecular weight excluding hydrogens is 455 g/mol. The second kappa shape index (κ2) is 9.96. The molecule has 5 rings (SSSR count). The Morgan fingerprint density at radius 2 is 1.86 bits per heavy atom. The van der Waals surface area contributed by atoms with Crippen molar-refractivity contribution in [2.24, 2.45) is 0 Å². The number of aromatic nitrogens is 2. The summed E-state index contributed by atoms with van der Waals surface area (Å²) in [6.45, 7) is 11.7. The van der Waals surface area contributed by atoms with Gasteiger partial charge in [-0.25, -0.2) is 19.2 Å². The molecule has 1 saturated heterocycles. The van der Waals surface area contributed by atoms with Crippen molar-refractivity contribution in [1.82, 2.24) is 14.9 Å². The lowest BCUT2D eigenvalue weighted by Crippen LogP contribution is -2.41. The number of benzene rings is 2. The predicted octanol–water partition coefficient (Wildman–Crippen LogP) is 6.19. The molecule has 0 bridgehead atoms. The van der Waals surface area contributed by atoms with Crippen LogP contribution in [0.5, 0.6) is 11.6 Å². The zero-order chi connectivity index (χ0) is 25.2. The van der Waals surface area contributed by atoms with Gasteiger partial charge in [0.15, 0.2) is 11.6 Å². The van der Waals surface area contributed by atoms with E-state index < -0.39 is 5.82 Å². The Labute approximate surface area is 211 Å². The molecule has 184 valence electrons. The van der Waals surface area contributed by atoms with E-state index in [1.165, 1.54) is 12.0 Å². The molecule has 36 heavy (non-hydrogen) atoms. The highest BCUT2D eigenvalue weighted by Gasteiger charge is 2.22. The van der Waals surface area contributed by atoms with Gasteiger partial charge in [0.05, 0.1) is 6.57 Å². The summed E-state index contributed by atoms with van der Waals surface area (Å²) in [5.74, 6) is -0.0810. The van der Waals surface area contributed by atoms with Crippen molar-refractivity contribution in [2.75, 3.05) is 37.4 Å². The van der Waals surface area contributed by atoms with Crippen LogP contribution in [0.2, 0.25) is 0 Å². The van der Waals surface area contributed by atoms with Gasteiger partial charge in [0.25, 0.3) is 5.69 Å². The summed E-state index contributed by atoms with van der Waals surface area (Å²) in [7, 11) is 4.28. The fourth-order valence-corrected chi connectivity index (χ4v) is 4.87. The zero-order valence-electron chi connectivity index (χ0n) is 20.8. The fraction of sp³-hybridized carbons (Fsp3) is 0.321. The number of nitrogens with one attached hydrogen (secondary N) is 1. The summed E-state index contributed by atoms with van der Waals surface area (Å²) in [5, 5.41) is 3.19. The minimum absolute atomic E-state index is 0.0143. The summed E-state index contributed by atoms with van der Waals surface area (Å²) >= 11 is 0. The third-order valence-corrected chi connectivity index (χ3v) is 6.89. The largest absolute Gasteiger partial charge is 0.446 e. The maximum atomic E-state index is 15.1. The fourth-order valence-electron chi connectivity index (χ4n) is 4.87. The number of rotatable bonds is 6. The molecule has 2 aliphatic rings. The van der Waals surface area contributed by atoms with Gasteiger partial charge in [0.1, 0.15) is 12.1 Å². The van der Waals surface area contributed by atoms with Crippen LogP contribution < -0.4 is 15.0 Å². The monoisotopic (exact) mass is 484 g/mol.